The second kappa shape index (κ2) is 9.58. The third-order valence-corrected chi connectivity index (χ3v) is 6.10. The molecule has 172 valence electrons. The lowest BCUT2D eigenvalue weighted by molar-refractivity contribution is -0.148. The number of carbonyl (C=O) groups is 1. The molecular formula is C26H26FNO5. The van der Waals surface area contributed by atoms with Gasteiger partial charge in [0.25, 0.3) is 0 Å². The van der Waals surface area contributed by atoms with Crippen LogP contribution in [0.25, 0.3) is 11.1 Å². The highest BCUT2D eigenvalue weighted by atomic mass is 19.1. The Labute approximate surface area is 192 Å². The molecule has 6 nitrogen and oxygen atoms in total. The highest BCUT2D eigenvalue weighted by Crippen LogP contribution is 2.37. The van der Waals surface area contributed by atoms with Gasteiger partial charge in [-0.2, -0.15) is 0 Å². The van der Waals surface area contributed by atoms with Crippen LogP contribution in [0.4, 0.5) is 4.39 Å². The molecule has 2 heterocycles. The van der Waals surface area contributed by atoms with Gasteiger partial charge in [-0.3, -0.25) is 4.79 Å². The van der Waals surface area contributed by atoms with Crippen LogP contribution in [0.2, 0.25) is 0 Å². The minimum atomic E-state index is -1.00. The van der Waals surface area contributed by atoms with Crippen LogP contribution < -0.4 is 9.47 Å². The first kappa shape index (κ1) is 22.7. The average molecular weight is 451 g/mol. The van der Waals surface area contributed by atoms with E-state index < -0.39 is 18.0 Å². The Kier molecular flexibility index (Phi) is 6.60. The van der Waals surface area contributed by atoms with Crippen LogP contribution in [0.1, 0.15) is 35.6 Å². The van der Waals surface area contributed by atoms with Crippen LogP contribution in [-0.2, 0) is 16.0 Å². The first-order chi connectivity index (χ1) is 15.9. The van der Waals surface area contributed by atoms with Crippen molar-refractivity contribution in [2.24, 2.45) is 5.92 Å². The van der Waals surface area contributed by atoms with Crippen molar-refractivity contribution in [1.82, 2.24) is 4.98 Å². The van der Waals surface area contributed by atoms with Gasteiger partial charge in [0.1, 0.15) is 11.6 Å². The molecule has 0 spiro atoms. The van der Waals surface area contributed by atoms with Crippen LogP contribution in [0.3, 0.4) is 0 Å². The number of hydrogen-bond donors (Lipinski definition) is 1. The number of pyridine rings is 1. The maximum Gasteiger partial charge on any atom is 0.311 e. The zero-order chi connectivity index (χ0) is 23.5. The van der Waals surface area contributed by atoms with Gasteiger partial charge >= 0.3 is 5.97 Å². The topological polar surface area (TPSA) is 77.9 Å². The van der Waals surface area contributed by atoms with Crippen LogP contribution in [0, 0.1) is 11.7 Å². The summed E-state index contributed by atoms with van der Waals surface area (Å²) in [5.74, 6) is -0.504. The van der Waals surface area contributed by atoms with Crippen molar-refractivity contribution in [3.05, 3.63) is 77.2 Å². The fourth-order valence-corrected chi connectivity index (χ4v) is 4.14. The van der Waals surface area contributed by atoms with Gasteiger partial charge in [0.2, 0.25) is 5.88 Å². The molecule has 7 heteroatoms. The summed E-state index contributed by atoms with van der Waals surface area (Å²) in [4.78, 5) is 15.9. The predicted molar refractivity (Wildman–Crippen MR) is 121 cm³/mol. The van der Waals surface area contributed by atoms with Gasteiger partial charge in [0.05, 0.1) is 32.8 Å². The van der Waals surface area contributed by atoms with Gasteiger partial charge in [-0.05, 0) is 65.4 Å². The van der Waals surface area contributed by atoms with Crippen molar-refractivity contribution in [3.8, 4) is 22.8 Å². The number of methoxy groups -OCH3 is 2. The van der Waals surface area contributed by atoms with E-state index in [4.69, 9.17) is 14.2 Å². The molecule has 3 atom stereocenters. The molecule has 33 heavy (non-hydrogen) atoms. The van der Waals surface area contributed by atoms with Crippen LogP contribution in [0.5, 0.6) is 11.6 Å². The summed E-state index contributed by atoms with van der Waals surface area (Å²) < 4.78 is 30.9. The van der Waals surface area contributed by atoms with E-state index in [-0.39, 0.29) is 11.7 Å². The lowest BCUT2D eigenvalue weighted by atomic mass is 9.87. The van der Waals surface area contributed by atoms with E-state index in [9.17, 15) is 9.90 Å². The minimum absolute atomic E-state index is 0.177. The van der Waals surface area contributed by atoms with E-state index in [0.717, 1.165) is 16.7 Å². The number of benzene rings is 2. The predicted octanol–water partition coefficient (Wildman–Crippen LogP) is 4.46. The van der Waals surface area contributed by atoms with Crippen LogP contribution >= 0.6 is 0 Å². The zero-order valence-corrected chi connectivity index (χ0v) is 18.7. The van der Waals surface area contributed by atoms with Crippen molar-refractivity contribution >= 4 is 5.97 Å². The fourth-order valence-electron chi connectivity index (χ4n) is 4.14. The second-order valence-electron chi connectivity index (χ2n) is 8.16. The van der Waals surface area contributed by atoms with Gasteiger partial charge in [-0.15, -0.1) is 0 Å². The molecule has 0 saturated heterocycles. The maximum absolute atomic E-state index is 15.1. The molecule has 2 aromatic carbocycles. The highest BCUT2D eigenvalue weighted by Gasteiger charge is 2.28. The fraction of sp³-hybridized carbons (Fsp3) is 0.308. The summed E-state index contributed by atoms with van der Waals surface area (Å²) in [6.07, 6.45) is 1.18. The third-order valence-electron chi connectivity index (χ3n) is 6.10. The average Bonchev–Trinajstić information content (AvgIpc) is 2.86. The van der Waals surface area contributed by atoms with Gasteiger partial charge in [0, 0.05) is 18.2 Å². The number of nitrogens with zero attached hydrogens (tertiary/aromatic N) is 1. The van der Waals surface area contributed by atoms with Crippen molar-refractivity contribution in [2.75, 3.05) is 20.8 Å². The van der Waals surface area contributed by atoms with Crippen molar-refractivity contribution < 1.29 is 28.5 Å². The number of aromatic nitrogens is 1. The number of ether oxygens (including phenoxy) is 3. The number of fused-ring (bicyclic) bond motifs is 1. The van der Waals surface area contributed by atoms with E-state index in [1.807, 2.05) is 12.1 Å². The standard InChI is InChI=1S/C26H26FNO5/c1-15(26(30)32-3)25(29)18-5-7-23-19(10-18)11-20(14-33-23)21-6-4-16(12-22(21)27)17-8-9-28-24(13-17)31-2/h4-10,12-13,15,20,25,29H,11,14H2,1-3H3/t15?,20?,25-/m1/s1. The van der Waals surface area contributed by atoms with E-state index in [1.165, 1.54) is 20.3 Å². The van der Waals surface area contributed by atoms with Gasteiger partial charge in [-0.1, -0.05) is 18.2 Å². The largest absolute Gasteiger partial charge is 0.493 e. The summed E-state index contributed by atoms with van der Waals surface area (Å²) >= 11 is 0. The molecule has 1 aliphatic heterocycles. The number of rotatable bonds is 6. The van der Waals surface area contributed by atoms with E-state index in [0.29, 0.717) is 35.8 Å². The van der Waals surface area contributed by atoms with Crippen molar-refractivity contribution in [3.63, 3.8) is 0 Å². The molecule has 1 aliphatic rings. The molecule has 0 radical (unpaired) electrons. The molecule has 0 fully saturated rings. The van der Waals surface area contributed by atoms with Crippen molar-refractivity contribution in [2.45, 2.75) is 25.4 Å². The number of aliphatic hydroxyl groups is 1. The van der Waals surface area contributed by atoms with Crippen LogP contribution in [-0.4, -0.2) is 36.9 Å². The van der Waals surface area contributed by atoms with E-state index >= 15 is 4.39 Å². The monoisotopic (exact) mass is 451 g/mol. The first-order valence-electron chi connectivity index (χ1n) is 10.7. The molecule has 3 aromatic rings. The molecule has 1 aromatic heterocycles. The second-order valence-corrected chi connectivity index (χ2v) is 8.16. The number of esters is 1. The maximum atomic E-state index is 15.1. The molecule has 0 saturated carbocycles. The Balaban J connectivity index is 1.56. The number of hydrogen-bond acceptors (Lipinski definition) is 6. The Hall–Kier alpha value is -3.45. The molecule has 0 bridgehead atoms. The van der Waals surface area contributed by atoms with Gasteiger partial charge < -0.3 is 19.3 Å². The lowest BCUT2D eigenvalue weighted by Crippen LogP contribution is -2.22. The van der Waals surface area contributed by atoms with Crippen molar-refractivity contribution in [1.29, 1.82) is 0 Å². The minimum Gasteiger partial charge on any atom is -0.493 e. The van der Waals surface area contributed by atoms with E-state index in [1.54, 1.807) is 43.5 Å². The summed E-state index contributed by atoms with van der Waals surface area (Å²) in [6, 6.07) is 14.1. The Morgan fingerprint density at radius 2 is 1.94 bits per heavy atom. The summed E-state index contributed by atoms with van der Waals surface area (Å²) in [7, 11) is 2.83. The molecule has 1 N–H and O–H groups in total. The Morgan fingerprint density at radius 1 is 1.15 bits per heavy atom. The van der Waals surface area contributed by atoms with Gasteiger partial charge in [-0.25, -0.2) is 9.37 Å². The molecule has 0 amide bonds. The Morgan fingerprint density at radius 3 is 2.67 bits per heavy atom. The molecule has 0 aliphatic carbocycles. The third kappa shape index (κ3) is 4.68. The summed E-state index contributed by atoms with van der Waals surface area (Å²) in [6.45, 7) is 1.97. The van der Waals surface area contributed by atoms with Crippen LogP contribution in [0.15, 0.2) is 54.7 Å². The molecular weight excluding hydrogens is 425 g/mol. The number of carbonyl (C=O) groups excluding carboxylic acids is 1. The SMILES string of the molecule is COC(=O)C(C)[C@@H](O)c1ccc2c(c1)CC(c1ccc(-c3ccnc(OC)c3)cc1F)CO2. The lowest BCUT2D eigenvalue weighted by Gasteiger charge is -2.27. The normalized spacial score (nSPS) is 16.8. The molecule has 4 rings (SSSR count). The Bertz CT molecular complexity index is 1170. The summed E-state index contributed by atoms with van der Waals surface area (Å²) in [5, 5.41) is 10.6. The quantitative estimate of drug-likeness (QED) is 0.558. The number of halogens is 1. The highest BCUT2D eigenvalue weighted by molar-refractivity contribution is 5.72. The first-order valence-corrected chi connectivity index (χ1v) is 10.7. The van der Waals surface area contributed by atoms with Gasteiger partial charge in [0.15, 0.2) is 0 Å². The summed E-state index contributed by atoms with van der Waals surface area (Å²) in [5.41, 5.74) is 3.58. The number of aliphatic hydroxyl groups excluding tert-OH is 1. The molecule has 2 unspecified atom stereocenters. The smallest absolute Gasteiger partial charge is 0.311 e. The zero-order valence-electron chi connectivity index (χ0n) is 18.7. The van der Waals surface area contributed by atoms with E-state index in [2.05, 4.69) is 4.98 Å².